The molecule has 0 radical (unpaired) electrons. The molecule has 5 nitrogen and oxygen atoms in total. The van der Waals surface area contributed by atoms with Crippen molar-refractivity contribution < 1.29 is 19.4 Å². The fourth-order valence-corrected chi connectivity index (χ4v) is 3.72. The molecular formula is C30H33NO4. The molecule has 0 aliphatic rings. The summed E-state index contributed by atoms with van der Waals surface area (Å²) in [6.07, 6.45) is 4.11. The molecule has 0 bridgehead atoms. The maximum Gasteiger partial charge on any atom is 0.331 e. The van der Waals surface area contributed by atoms with Gasteiger partial charge in [0.15, 0.2) is 5.78 Å². The van der Waals surface area contributed by atoms with Crippen LogP contribution in [0.4, 0.5) is 0 Å². The smallest absolute Gasteiger partial charge is 0.331 e. The second-order valence-electron chi connectivity index (χ2n) is 8.38. The number of hydrogen-bond donors (Lipinski definition) is 2. The number of hydrogen-bond acceptors (Lipinski definition) is 4. The SMILES string of the molecule is CCCCOc1cc(C=C(CC)C(=O)O)ccc1-c1cccc(CNCC(=O)c2ccccc2)c1. The highest BCUT2D eigenvalue weighted by molar-refractivity contribution is 5.97. The molecule has 0 spiro atoms. The van der Waals surface area contributed by atoms with Gasteiger partial charge in [0.2, 0.25) is 0 Å². The molecule has 0 amide bonds. The molecule has 35 heavy (non-hydrogen) atoms. The molecule has 0 saturated carbocycles. The molecule has 0 fully saturated rings. The van der Waals surface area contributed by atoms with E-state index < -0.39 is 5.97 Å². The highest BCUT2D eigenvalue weighted by Crippen LogP contribution is 2.32. The zero-order chi connectivity index (χ0) is 25.0. The summed E-state index contributed by atoms with van der Waals surface area (Å²) in [7, 11) is 0. The minimum atomic E-state index is -0.907. The number of rotatable bonds is 13. The van der Waals surface area contributed by atoms with Gasteiger partial charge in [0.1, 0.15) is 5.75 Å². The first kappa shape index (κ1) is 25.9. The number of Topliss-reactive ketones (excluding diaryl/α,β-unsaturated/α-hetero) is 1. The van der Waals surface area contributed by atoms with Crippen molar-refractivity contribution in [3.63, 3.8) is 0 Å². The van der Waals surface area contributed by atoms with Crippen molar-refractivity contribution in [1.82, 2.24) is 5.32 Å². The lowest BCUT2D eigenvalue weighted by molar-refractivity contribution is -0.132. The quantitative estimate of drug-likeness (QED) is 0.172. The van der Waals surface area contributed by atoms with E-state index in [9.17, 15) is 14.7 Å². The topological polar surface area (TPSA) is 75.6 Å². The molecule has 5 heteroatoms. The van der Waals surface area contributed by atoms with Crippen molar-refractivity contribution >= 4 is 17.8 Å². The number of aliphatic carboxylic acids is 1. The zero-order valence-electron chi connectivity index (χ0n) is 20.4. The molecule has 0 aliphatic heterocycles. The highest BCUT2D eigenvalue weighted by Gasteiger charge is 2.11. The van der Waals surface area contributed by atoms with Crippen LogP contribution in [0.2, 0.25) is 0 Å². The van der Waals surface area contributed by atoms with Gasteiger partial charge in [-0.05, 0) is 47.7 Å². The van der Waals surface area contributed by atoms with Crippen LogP contribution in [0, 0.1) is 0 Å². The zero-order valence-corrected chi connectivity index (χ0v) is 20.4. The molecule has 3 rings (SSSR count). The third kappa shape index (κ3) is 7.66. The Kier molecular flexibility index (Phi) is 9.81. The Labute approximate surface area is 207 Å². The molecule has 0 aliphatic carbocycles. The first-order chi connectivity index (χ1) is 17.0. The molecule has 2 N–H and O–H groups in total. The second kappa shape index (κ2) is 13.3. The molecule has 3 aromatic rings. The van der Waals surface area contributed by atoms with E-state index in [0.29, 0.717) is 30.7 Å². The van der Waals surface area contributed by atoms with Crippen LogP contribution in [0.1, 0.15) is 54.6 Å². The fourth-order valence-electron chi connectivity index (χ4n) is 3.72. The summed E-state index contributed by atoms with van der Waals surface area (Å²) in [5, 5.41) is 12.6. The Morgan fingerprint density at radius 2 is 1.77 bits per heavy atom. The number of carbonyl (C=O) groups is 2. The summed E-state index contributed by atoms with van der Waals surface area (Å²) in [5.74, 6) is -0.113. The summed E-state index contributed by atoms with van der Waals surface area (Å²) in [4.78, 5) is 23.8. The Morgan fingerprint density at radius 1 is 0.971 bits per heavy atom. The van der Waals surface area contributed by atoms with Crippen molar-refractivity contribution in [2.45, 2.75) is 39.7 Å². The van der Waals surface area contributed by atoms with Crippen molar-refractivity contribution in [2.75, 3.05) is 13.2 Å². The fraction of sp³-hybridized carbons (Fsp3) is 0.267. The maximum atomic E-state index is 12.3. The van der Waals surface area contributed by atoms with Gasteiger partial charge in [-0.3, -0.25) is 4.79 Å². The van der Waals surface area contributed by atoms with Crippen LogP contribution in [-0.4, -0.2) is 30.0 Å². The molecular weight excluding hydrogens is 438 g/mol. The molecule has 0 atom stereocenters. The van der Waals surface area contributed by atoms with Gasteiger partial charge in [-0.1, -0.05) is 80.9 Å². The van der Waals surface area contributed by atoms with Gasteiger partial charge < -0.3 is 15.2 Å². The minimum Gasteiger partial charge on any atom is -0.493 e. The van der Waals surface area contributed by atoms with Crippen LogP contribution < -0.4 is 10.1 Å². The van der Waals surface area contributed by atoms with E-state index in [-0.39, 0.29) is 12.3 Å². The minimum absolute atomic E-state index is 0.0600. The van der Waals surface area contributed by atoms with E-state index in [2.05, 4.69) is 18.3 Å². The van der Waals surface area contributed by atoms with Crippen molar-refractivity contribution in [1.29, 1.82) is 0 Å². The number of carboxylic acids is 1. The van der Waals surface area contributed by atoms with Gasteiger partial charge in [0, 0.05) is 23.2 Å². The Morgan fingerprint density at radius 3 is 2.49 bits per heavy atom. The largest absolute Gasteiger partial charge is 0.493 e. The Balaban J connectivity index is 1.79. The van der Waals surface area contributed by atoms with Crippen LogP contribution in [0.15, 0.2) is 78.4 Å². The summed E-state index contributed by atoms with van der Waals surface area (Å²) in [5.41, 5.74) is 4.88. The number of carbonyl (C=O) groups excluding carboxylic acids is 1. The average molecular weight is 472 g/mol. The van der Waals surface area contributed by atoms with Crippen LogP contribution in [0.25, 0.3) is 17.2 Å². The van der Waals surface area contributed by atoms with Crippen LogP contribution in [-0.2, 0) is 11.3 Å². The third-order valence-electron chi connectivity index (χ3n) is 5.71. The lowest BCUT2D eigenvalue weighted by atomic mass is 9.99. The number of carboxylic acid groups (broad SMARTS) is 1. The van der Waals surface area contributed by atoms with Crippen molar-refractivity contribution in [2.24, 2.45) is 0 Å². The predicted octanol–water partition coefficient (Wildman–Crippen LogP) is 6.38. The van der Waals surface area contributed by atoms with E-state index in [1.54, 1.807) is 6.08 Å². The normalized spacial score (nSPS) is 11.3. The van der Waals surface area contributed by atoms with E-state index in [4.69, 9.17) is 4.74 Å². The highest BCUT2D eigenvalue weighted by atomic mass is 16.5. The van der Waals surface area contributed by atoms with Crippen LogP contribution in [0.3, 0.4) is 0 Å². The van der Waals surface area contributed by atoms with Gasteiger partial charge in [0.25, 0.3) is 0 Å². The summed E-state index contributed by atoms with van der Waals surface area (Å²) >= 11 is 0. The van der Waals surface area contributed by atoms with E-state index in [1.807, 2.05) is 73.7 Å². The van der Waals surface area contributed by atoms with Crippen LogP contribution >= 0.6 is 0 Å². The van der Waals surface area contributed by atoms with Gasteiger partial charge in [-0.25, -0.2) is 4.79 Å². The second-order valence-corrected chi connectivity index (χ2v) is 8.38. The van der Waals surface area contributed by atoms with E-state index in [1.165, 1.54) is 0 Å². The van der Waals surface area contributed by atoms with Gasteiger partial charge in [-0.2, -0.15) is 0 Å². The number of unbranched alkanes of at least 4 members (excludes halogenated alkanes) is 1. The summed E-state index contributed by atoms with van der Waals surface area (Å²) < 4.78 is 6.11. The first-order valence-electron chi connectivity index (χ1n) is 12.1. The first-order valence-corrected chi connectivity index (χ1v) is 12.1. The Bertz CT molecular complexity index is 1170. The number of ether oxygens (including phenoxy) is 1. The van der Waals surface area contributed by atoms with E-state index >= 15 is 0 Å². The van der Waals surface area contributed by atoms with E-state index in [0.717, 1.165) is 40.8 Å². The van der Waals surface area contributed by atoms with Crippen molar-refractivity contribution in [3.05, 3.63) is 95.1 Å². The number of nitrogens with one attached hydrogen (secondary N) is 1. The van der Waals surface area contributed by atoms with Crippen molar-refractivity contribution in [3.8, 4) is 16.9 Å². The molecule has 182 valence electrons. The third-order valence-corrected chi connectivity index (χ3v) is 5.71. The summed E-state index contributed by atoms with van der Waals surface area (Å²) in [6, 6.07) is 23.2. The number of benzene rings is 3. The monoisotopic (exact) mass is 471 g/mol. The van der Waals surface area contributed by atoms with Crippen LogP contribution in [0.5, 0.6) is 5.75 Å². The number of ketones is 1. The average Bonchev–Trinajstić information content (AvgIpc) is 2.88. The molecule has 0 saturated heterocycles. The van der Waals surface area contributed by atoms with Gasteiger partial charge in [-0.15, -0.1) is 0 Å². The van der Waals surface area contributed by atoms with Gasteiger partial charge in [0.05, 0.1) is 13.2 Å². The molecule has 3 aromatic carbocycles. The standard InChI is InChI=1S/C30H33NO4/c1-3-5-16-35-29-19-22(17-24(4-2)30(33)34)14-15-27(29)26-13-9-10-23(18-26)20-31-21-28(32)25-11-7-6-8-12-25/h6-15,17-19,31H,3-5,16,20-21H2,1-2H3,(H,33,34). The lowest BCUT2D eigenvalue weighted by Crippen LogP contribution is -2.22. The Hall–Kier alpha value is -3.70. The lowest BCUT2D eigenvalue weighted by Gasteiger charge is -2.14. The molecule has 0 aromatic heterocycles. The molecule has 0 unspecified atom stereocenters. The predicted molar refractivity (Wildman–Crippen MR) is 141 cm³/mol. The summed E-state index contributed by atoms with van der Waals surface area (Å²) in [6.45, 7) is 5.38. The molecule has 0 heterocycles. The van der Waals surface area contributed by atoms with Gasteiger partial charge >= 0.3 is 5.97 Å². The maximum absolute atomic E-state index is 12.3.